The van der Waals surface area contributed by atoms with E-state index in [2.05, 4.69) is 82.9 Å². The normalized spacial score (nSPS) is 13.1. The Bertz CT molecular complexity index is 1130. The highest BCUT2D eigenvalue weighted by molar-refractivity contribution is 6.30. The Kier molecular flexibility index (Phi) is 6.76. The lowest BCUT2D eigenvalue weighted by Crippen LogP contribution is -2.31. The van der Waals surface area contributed by atoms with Crippen LogP contribution in [0.1, 0.15) is 35.2 Å². The largest absolute Gasteiger partial charge is 0.390 e. The van der Waals surface area contributed by atoms with E-state index >= 15 is 0 Å². The van der Waals surface area contributed by atoms with E-state index in [0.717, 1.165) is 29.1 Å². The summed E-state index contributed by atoms with van der Waals surface area (Å²) in [7, 11) is 1.93. The lowest BCUT2D eigenvalue weighted by Gasteiger charge is -2.28. The number of aromatic amines is 1. The minimum Gasteiger partial charge on any atom is -0.390 e. The van der Waals surface area contributed by atoms with E-state index in [1.807, 2.05) is 31.4 Å². The maximum atomic E-state index is 6.07. The summed E-state index contributed by atoms with van der Waals surface area (Å²) in [6.45, 7) is 4.27. The van der Waals surface area contributed by atoms with Gasteiger partial charge in [0.25, 0.3) is 0 Å². The second-order valence-electron chi connectivity index (χ2n) is 7.83. The Morgan fingerprint density at radius 3 is 2.48 bits per heavy atom. The molecule has 31 heavy (non-hydrogen) atoms. The van der Waals surface area contributed by atoms with Crippen molar-refractivity contribution < 1.29 is 0 Å². The summed E-state index contributed by atoms with van der Waals surface area (Å²) >= 11 is 6.07. The zero-order chi connectivity index (χ0) is 21.6. The van der Waals surface area contributed by atoms with Crippen molar-refractivity contribution >= 4 is 22.5 Å². The van der Waals surface area contributed by atoms with E-state index < -0.39 is 0 Å². The van der Waals surface area contributed by atoms with Crippen LogP contribution < -0.4 is 10.6 Å². The summed E-state index contributed by atoms with van der Waals surface area (Å²) in [5.74, 6) is 0. The molecule has 4 heteroatoms. The lowest BCUT2D eigenvalue weighted by atomic mass is 9.95. The molecule has 0 unspecified atom stereocenters. The molecule has 0 amide bonds. The molecule has 0 aliphatic heterocycles. The highest BCUT2D eigenvalue weighted by Crippen LogP contribution is 2.29. The summed E-state index contributed by atoms with van der Waals surface area (Å²) < 4.78 is 0. The summed E-state index contributed by atoms with van der Waals surface area (Å²) in [5.41, 5.74) is 5.85. The molecule has 3 aromatic carbocycles. The van der Waals surface area contributed by atoms with Crippen LogP contribution in [0.2, 0.25) is 5.02 Å². The molecule has 4 rings (SSSR count). The third kappa shape index (κ3) is 5.19. The van der Waals surface area contributed by atoms with Crippen LogP contribution >= 0.6 is 11.6 Å². The fourth-order valence-electron chi connectivity index (χ4n) is 3.99. The van der Waals surface area contributed by atoms with E-state index in [1.165, 1.54) is 22.1 Å². The average molecular weight is 430 g/mol. The zero-order valence-electron chi connectivity index (χ0n) is 17.7. The van der Waals surface area contributed by atoms with E-state index in [-0.39, 0.29) is 12.1 Å². The van der Waals surface area contributed by atoms with Gasteiger partial charge in [-0.25, -0.2) is 0 Å². The van der Waals surface area contributed by atoms with Crippen LogP contribution in [-0.2, 0) is 6.42 Å². The number of fused-ring (bicyclic) bond motifs is 1. The van der Waals surface area contributed by atoms with Crippen molar-refractivity contribution in [2.24, 2.45) is 0 Å². The van der Waals surface area contributed by atoms with Gasteiger partial charge in [-0.2, -0.15) is 0 Å². The molecule has 3 N–H and O–H groups in total. The number of aromatic nitrogens is 1. The van der Waals surface area contributed by atoms with Gasteiger partial charge in [0.05, 0.1) is 6.04 Å². The lowest BCUT2D eigenvalue weighted by molar-refractivity contribution is 0.446. The Balaban J connectivity index is 1.64. The number of rotatable bonds is 9. The van der Waals surface area contributed by atoms with Crippen molar-refractivity contribution in [1.29, 1.82) is 0 Å². The van der Waals surface area contributed by atoms with Crippen molar-refractivity contribution in [3.05, 3.63) is 119 Å². The second-order valence-corrected chi connectivity index (χ2v) is 8.26. The van der Waals surface area contributed by atoms with Gasteiger partial charge in [-0.1, -0.05) is 66.7 Å². The molecule has 158 valence electrons. The third-order valence-corrected chi connectivity index (χ3v) is 6.04. The van der Waals surface area contributed by atoms with Gasteiger partial charge < -0.3 is 10.3 Å². The van der Waals surface area contributed by atoms with Crippen LogP contribution in [-0.4, -0.2) is 12.0 Å². The minimum atomic E-state index is 0.00309. The van der Waals surface area contributed by atoms with E-state index in [9.17, 15) is 0 Å². The van der Waals surface area contributed by atoms with Gasteiger partial charge in [0.1, 0.15) is 0 Å². The molecule has 2 atom stereocenters. The molecule has 0 bridgehead atoms. The number of hydrogen-bond donors (Lipinski definition) is 3. The molecule has 1 aromatic heterocycles. The van der Waals surface area contributed by atoms with Gasteiger partial charge in [0.15, 0.2) is 0 Å². The van der Waals surface area contributed by atoms with Gasteiger partial charge in [-0.3, -0.25) is 5.32 Å². The highest BCUT2D eigenvalue weighted by Gasteiger charge is 2.21. The Hall–Kier alpha value is -3.01. The van der Waals surface area contributed by atoms with Crippen LogP contribution in [0.25, 0.3) is 10.9 Å². The maximum absolute atomic E-state index is 6.07. The van der Waals surface area contributed by atoms with Crippen molar-refractivity contribution in [2.75, 3.05) is 7.05 Å². The van der Waals surface area contributed by atoms with Gasteiger partial charge in [-0.15, -0.1) is 0 Å². The standard InChI is InChI=1S/C27H28ClN3/c1-19(29-2)27(21-6-4-3-5-7-21)31-26(14-10-20-8-12-24(28)13-9-20)22-11-15-25-23(18-22)16-17-30-25/h3-9,11-13,15-18,26-27,29-31H,1,10,14H2,2H3/t26-,27-/m0/s1. The summed E-state index contributed by atoms with van der Waals surface area (Å²) in [6, 6.07) is 27.5. The van der Waals surface area contributed by atoms with Gasteiger partial charge in [0.2, 0.25) is 0 Å². The molecular formula is C27H28ClN3. The summed E-state index contributed by atoms with van der Waals surface area (Å²) in [6.07, 6.45) is 3.89. The predicted molar refractivity (Wildman–Crippen MR) is 131 cm³/mol. The topological polar surface area (TPSA) is 39.8 Å². The number of nitrogens with one attached hydrogen (secondary N) is 3. The number of halogens is 1. The second kappa shape index (κ2) is 9.86. The molecule has 0 aliphatic carbocycles. The predicted octanol–water partition coefficient (Wildman–Crippen LogP) is 6.56. The van der Waals surface area contributed by atoms with Crippen molar-refractivity contribution in [3.63, 3.8) is 0 Å². The first-order chi connectivity index (χ1) is 15.1. The van der Waals surface area contributed by atoms with Crippen LogP contribution in [0.15, 0.2) is 97.3 Å². The molecule has 0 radical (unpaired) electrons. The summed E-state index contributed by atoms with van der Waals surface area (Å²) in [4.78, 5) is 3.29. The van der Waals surface area contributed by atoms with Crippen molar-refractivity contribution in [2.45, 2.75) is 24.9 Å². The van der Waals surface area contributed by atoms with E-state index in [1.54, 1.807) is 0 Å². The number of likely N-dealkylation sites (N-methyl/N-ethyl adjacent to an activating group) is 1. The fourth-order valence-corrected chi connectivity index (χ4v) is 4.11. The van der Waals surface area contributed by atoms with Crippen molar-refractivity contribution in [3.8, 4) is 0 Å². The number of benzene rings is 3. The van der Waals surface area contributed by atoms with Gasteiger partial charge in [0, 0.05) is 35.5 Å². The molecule has 0 spiro atoms. The minimum absolute atomic E-state index is 0.00309. The Morgan fingerprint density at radius 2 is 1.74 bits per heavy atom. The van der Waals surface area contributed by atoms with Crippen LogP contribution in [0.3, 0.4) is 0 Å². The number of H-pyrrole nitrogens is 1. The van der Waals surface area contributed by atoms with Gasteiger partial charge >= 0.3 is 0 Å². The third-order valence-electron chi connectivity index (χ3n) is 5.78. The molecular weight excluding hydrogens is 402 g/mol. The number of aryl methyl sites for hydroxylation is 1. The first kappa shape index (κ1) is 21.2. The first-order valence-electron chi connectivity index (χ1n) is 10.6. The van der Waals surface area contributed by atoms with Crippen molar-refractivity contribution in [1.82, 2.24) is 15.6 Å². The van der Waals surface area contributed by atoms with Crippen LogP contribution in [0, 0.1) is 0 Å². The zero-order valence-corrected chi connectivity index (χ0v) is 18.5. The van der Waals surface area contributed by atoms with Crippen LogP contribution in [0.5, 0.6) is 0 Å². The average Bonchev–Trinajstić information content (AvgIpc) is 3.28. The molecule has 0 saturated carbocycles. The molecule has 1 heterocycles. The highest BCUT2D eigenvalue weighted by atomic mass is 35.5. The van der Waals surface area contributed by atoms with E-state index in [0.29, 0.717) is 0 Å². The molecule has 0 aliphatic rings. The number of hydrogen-bond acceptors (Lipinski definition) is 2. The molecule has 4 aromatic rings. The van der Waals surface area contributed by atoms with Crippen LogP contribution in [0.4, 0.5) is 0 Å². The van der Waals surface area contributed by atoms with E-state index in [4.69, 9.17) is 11.6 Å². The summed E-state index contributed by atoms with van der Waals surface area (Å²) in [5, 5.41) is 9.12. The first-order valence-corrected chi connectivity index (χ1v) is 11.0. The molecule has 3 nitrogen and oxygen atoms in total. The Morgan fingerprint density at radius 1 is 0.968 bits per heavy atom. The molecule has 0 fully saturated rings. The fraction of sp³-hybridized carbons (Fsp3) is 0.185. The smallest absolute Gasteiger partial charge is 0.0724 e. The maximum Gasteiger partial charge on any atom is 0.0724 e. The van der Waals surface area contributed by atoms with Gasteiger partial charge in [-0.05, 0) is 65.3 Å². The monoisotopic (exact) mass is 429 g/mol. The Labute approximate surface area is 189 Å². The SMILES string of the molecule is C=C(NC)[C@H](N[C@@H](CCc1ccc(Cl)cc1)c1ccc2[nH]ccc2c1)c1ccccc1. The quantitative estimate of drug-likeness (QED) is 0.282. The molecule has 0 saturated heterocycles.